The summed E-state index contributed by atoms with van der Waals surface area (Å²) in [6.45, 7) is 3.86. The van der Waals surface area contributed by atoms with Gasteiger partial charge in [-0.3, -0.25) is 9.59 Å². The number of nitrogens with zero attached hydrogens (tertiary/aromatic N) is 1. The van der Waals surface area contributed by atoms with Gasteiger partial charge in [-0.15, -0.1) is 0 Å². The molecule has 0 fully saturated rings. The molecule has 0 aromatic heterocycles. The molecule has 1 amide bonds. The van der Waals surface area contributed by atoms with E-state index in [0.717, 1.165) is 12.1 Å². The van der Waals surface area contributed by atoms with Crippen molar-refractivity contribution in [3.63, 3.8) is 0 Å². The standard InChI is InChI=1S/C20H21NO3/c1-3-19(22)15-8-10-17(11-9-15)24-13-20(23)21-14(2)12-16-6-4-5-7-18(16)21/h4-11,14H,3,12-13H2,1-2H3/t14-/m0/s1. The summed E-state index contributed by atoms with van der Waals surface area (Å²) in [4.78, 5) is 26.0. The van der Waals surface area contributed by atoms with Crippen molar-refractivity contribution in [2.75, 3.05) is 11.5 Å². The van der Waals surface area contributed by atoms with Gasteiger partial charge < -0.3 is 9.64 Å². The van der Waals surface area contributed by atoms with Crippen LogP contribution in [0.5, 0.6) is 5.75 Å². The number of ether oxygens (including phenoxy) is 1. The molecule has 1 heterocycles. The molecule has 0 aliphatic carbocycles. The number of benzene rings is 2. The Balaban J connectivity index is 1.65. The zero-order chi connectivity index (χ0) is 17.1. The van der Waals surface area contributed by atoms with Gasteiger partial charge in [-0.2, -0.15) is 0 Å². The number of Topliss-reactive ketones (excluding diaryl/α,β-unsaturated/α-hetero) is 1. The third kappa shape index (κ3) is 3.18. The molecule has 3 rings (SSSR count). The van der Waals surface area contributed by atoms with Gasteiger partial charge in [0.05, 0.1) is 0 Å². The minimum Gasteiger partial charge on any atom is -0.484 e. The van der Waals surface area contributed by atoms with Crippen molar-refractivity contribution >= 4 is 17.4 Å². The predicted octanol–water partition coefficient (Wildman–Crippen LogP) is 3.64. The van der Waals surface area contributed by atoms with Gasteiger partial charge in [0, 0.05) is 23.7 Å². The number of rotatable bonds is 5. The second-order valence-corrected chi connectivity index (χ2v) is 6.04. The molecule has 1 atom stereocenters. The molecule has 0 radical (unpaired) electrons. The van der Waals surface area contributed by atoms with Crippen LogP contribution in [0.4, 0.5) is 5.69 Å². The maximum absolute atomic E-state index is 12.6. The number of para-hydroxylation sites is 1. The van der Waals surface area contributed by atoms with Gasteiger partial charge in [0.2, 0.25) is 0 Å². The topological polar surface area (TPSA) is 46.6 Å². The molecule has 2 aromatic carbocycles. The van der Waals surface area contributed by atoms with E-state index in [4.69, 9.17) is 4.74 Å². The summed E-state index contributed by atoms with van der Waals surface area (Å²) in [5.41, 5.74) is 2.83. The number of hydrogen-bond acceptors (Lipinski definition) is 3. The fourth-order valence-corrected chi connectivity index (χ4v) is 3.10. The first-order chi connectivity index (χ1) is 11.6. The van der Waals surface area contributed by atoms with Crippen molar-refractivity contribution < 1.29 is 14.3 Å². The lowest BCUT2D eigenvalue weighted by atomic mass is 10.1. The van der Waals surface area contributed by atoms with Crippen molar-refractivity contribution in [1.29, 1.82) is 0 Å². The lowest BCUT2D eigenvalue weighted by Gasteiger charge is -2.22. The highest BCUT2D eigenvalue weighted by atomic mass is 16.5. The van der Waals surface area contributed by atoms with Crippen LogP contribution >= 0.6 is 0 Å². The Kier molecular flexibility index (Phi) is 4.65. The van der Waals surface area contributed by atoms with Crippen molar-refractivity contribution in [2.24, 2.45) is 0 Å². The van der Waals surface area contributed by atoms with Crippen molar-refractivity contribution in [3.8, 4) is 5.75 Å². The van der Waals surface area contributed by atoms with Crippen LogP contribution in [0.1, 0.15) is 36.2 Å². The second-order valence-electron chi connectivity index (χ2n) is 6.04. The zero-order valence-electron chi connectivity index (χ0n) is 14.0. The molecule has 4 nitrogen and oxygen atoms in total. The Hall–Kier alpha value is -2.62. The molecule has 24 heavy (non-hydrogen) atoms. The molecule has 0 bridgehead atoms. The zero-order valence-corrected chi connectivity index (χ0v) is 14.0. The number of ketones is 1. The second kappa shape index (κ2) is 6.87. The molecule has 1 aliphatic heterocycles. The number of carbonyl (C=O) groups excluding carboxylic acids is 2. The fraction of sp³-hybridized carbons (Fsp3) is 0.300. The third-order valence-corrected chi connectivity index (χ3v) is 4.34. The van der Waals surface area contributed by atoms with Gasteiger partial charge in [-0.25, -0.2) is 0 Å². The summed E-state index contributed by atoms with van der Waals surface area (Å²) in [5, 5.41) is 0. The average molecular weight is 323 g/mol. The monoisotopic (exact) mass is 323 g/mol. The van der Waals surface area contributed by atoms with E-state index in [0.29, 0.717) is 17.7 Å². The van der Waals surface area contributed by atoms with Crippen LogP contribution in [-0.4, -0.2) is 24.3 Å². The highest BCUT2D eigenvalue weighted by Gasteiger charge is 2.30. The molecule has 0 unspecified atom stereocenters. The molecule has 0 saturated heterocycles. The summed E-state index contributed by atoms with van der Waals surface area (Å²) in [6.07, 6.45) is 1.35. The van der Waals surface area contributed by atoms with Crippen LogP contribution in [-0.2, 0) is 11.2 Å². The number of anilines is 1. The molecule has 0 saturated carbocycles. The van der Waals surface area contributed by atoms with Crippen molar-refractivity contribution in [3.05, 3.63) is 59.7 Å². The first-order valence-corrected chi connectivity index (χ1v) is 8.26. The molecule has 2 aromatic rings. The predicted molar refractivity (Wildman–Crippen MR) is 93.7 cm³/mol. The van der Waals surface area contributed by atoms with Crippen LogP contribution in [0.15, 0.2) is 48.5 Å². The number of fused-ring (bicyclic) bond motifs is 1. The highest BCUT2D eigenvalue weighted by Crippen LogP contribution is 2.31. The quantitative estimate of drug-likeness (QED) is 0.789. The van der Waals surface area contributed by atoms with E-state index in [9.17, 15) is 9.59 Å². The molecule has 0 spiro atoms. The molecule has 124 valence electrons. The molecule has 0 N–H and O–H groups in total. The van der Waals surface area contributed by atoms with E-state index >= 15 is 0 Å². The molecular weight excluding hydrogens is 302 g/mol. The largest absolute Gasteiger partial charge is 0.484 e. The number of hydrogen-bond donors (Lipinski definition) is 0. The first kappa shape index (κ1) is 16.2. The van der Waals surface area contributed by atoms with Gasteiger partial charge in [0.15, 0.2) is 12.4 Å². The van der Waals surface area contributed by atoms with Gasteiger partial charge in [0.25, 0.3) is 5.91 Å². The van der Waals surface area contributed by atoms with E-state index < -0.39 is 0 Å². The van der Waals surface area contributed by atoms with Crippen LogP contribution in [0.25, 0.3) is 0 Å². The molecule has 1 aliphatic rings. The Morgan fingerprint density at radius 3 is 2.54 bits per heavy atom. The smallest absolute Gasteiger partial charge is 0.265 e. The van der Waals surface area contributed by atoms with Crippen molar-refractivity contribution in [1.82, 2.24) is 0 Å². The third-order valence-electron chi connectivity index (χ3n) is 4.34. The summed E-state index contributed by atoms with van der Waals surface area (Å²) < 4.78 is 5.61. The lowest BCUT2D eigenvalue weighted by molar-refractivity contribution is -0.120. The van der Waals surface area contributed by atoms with Crippen LogP contribution in [0, 0.1) is 0 Å². The SMILES string of the molecule is CCC(=O)c1ccc(OCC(=O)N2c3ccccc3C[C@@H]2C)cc1. The summed E-state index contributed by atoms with van der Waals surface area (Å²) >= 11 is 0. The molecular formula is C20H21NO3. The first-order valence-electron chi connectivity index (χ1n) is 8.26. The Labute approximate surface area is 142 Å². The fourth-order valence-electron chi connectivity index (χ4n) is 3.10. The lowest BCUT2D eigenvalue weighted by Crippen LogP contribution is -2.39. The summed E-state index contributed by atoms with van der Waals surface area (Å²) in [5.74, 6) is 0.637. The molecule has 4 heteroatoms. The van der Waals surface area contributed by atoms with Crippen LogP contribution in [0.2, 0.25) is 0 Å². The average Bonchev–Trinajstić information content (AvgIpc) is 2.95. The minimum absolute atomic E-state index is 0.0141. The van der Waals surface area contributed by atoms with E-state index in [-0.39, 0.29) is 24.3 Å². The maximum Gasteiger partial charge on any atom is 0.265 e. The Bertz CT molecular complexity index is 752. The van der Waals surface area contributed by atoms with Gasteiger partial charge in [-0.1, -0.05) is 25.1 Å². The van der Waals surface area contributed by atoms with Crippen LogP contribution < -0.4 is 9.64 Å². The number of carbonyl (C=O) groups is 2. The Morgan fingerprint density at radius 2 is 1.83 bits per heavy atom. The highest BCUT2D eigenvalue weighted by molar-refractivity contribution is 5.97. The van der Waals surface area contributed by atoms with Gasteiger partial charge in [-0.05, 0) is 49.2 Å². The summed E-state index contributed by atoms with van der Waals surface area (Å²) in [7, 11) is 0. The van der Waals surface area contributed by atoms with E-state index in [1.165, 1.54) is 5.56 Å². The van der Waals surface area contributed by atoms with Gasteiger partial charge in [0.1, 0.15) is 5.75 Å². The maximum atomic E-state index is 12.6. The number of amides is 1. The van der Waals surface area contributed by atoms with Crippen LogP contribution in [0.3, 0.4) is 0 Å². The Morgan fingerprint density at radius 1 is 1.12 bits per heavy atom. The van der Waals surface area contributed by atoms with E-state index in [2.05, 4.69) is 6.07 Å². The van der Waals surface area contributed by atoms with Gasteiger partial charge >= 0.3 is 0 Å². The van der Waals surface area contributed by atoms with E-state index in [1.807, 2.05) is 36.9 Å². The van der Waals surface area contributed by atoms with Crippen molar-refractivity contribution in [2.45, 2.75) is 32.7 Å². The minimum atomic E-state index is -0.0545. The van der Waals surface area contributed by atoms with E-state index in [1.54, 1.807) is 24.3 Å². The normalized spacial score (nSPS) is 15.9. The summed E-state index contributed by atoms with van der Waals surface area (Å²) in [6, 6.07) is 15.1.